The van der Waals surface area contributed by atoms with E-state index < -0.39 is 5.97 Å². The highest BCUT2D eigenvalue weighted by Crippen LogP contribution is 2.42. The molecule has 112 valence electrons. The van der Waals surface area contributed by atoms with Crippen LogP contribution in [-0.4, -0.2) is 51.6 Å². The van der Waals surface area contributed by atoms with Crippen molar-refractivity contribution in [2.75, 3.05) is 6.26 Å². The fourth-order valence-electron chi connectivity index (χ4n) is 4.18. The number of hydrogen-bond acceptors (Lipinski definition) is 3. The molecule has 0 radical (unpaired) electrons. The van der Waals surface area contributed by atoms with Gasteiger partial charge in [-0.1, -0.05) is 6.42 Å². The van der Waals surface area contributed by atoms with Crippen molar-refractivity contribution in [3.8, 4) is 0 Å². The van der Waals surface area contributed by atoms with Gasteiger partial charge in [0.1, 0.15) is 0 Å². The molecule has 5 unspecified atom stereocenters. The number of thioether (sulfide) groups is 1. The number of carbonyl (C=O) groups excluding carboxylic acids is 1. The Hall–Kier alpha value is -0.910. The fourth-order valence-corrected chi connectivity index (χ4v) is 5.11. The molecule has 0 aromatic heterocycles. The number of carboxylic acid groups (broad SMARTS) is 1. The Balaban J connectivity index is 1.65. The number of aliphatic carboxylic acids is 1. The predicted molar refractivity (Wildman–Crippen MR) is 77.9 cm³/mol. The molecule has 3 fully saturated rings. The Labute approximate surface area is 123 Å². The molecule has 1 saturated carbocycles. The second-order valence-corrected chi connectivity index (χ2v) is 7.22. The molecule has 2 bridgehead atoms. The van der Waals surface area contributed by atoms with Crippen LogP contribution in [0.4, 0.5) is 4.79 Å². The molecule has 3 rings (SSSR count). The van der Waals surface area contributed by atoms with E-state index in [0.717, 1.165) is 25.7 Å². The van der Waals surface area contributed by atoms with Crippen LogP contribution >= 0.6 is 11.8 Å². The fraction of sp³-hybridized carbons (Fsp3) is 0.857. The Bertz CT molecular complexity index is 417. The van der Waals surface area contributed by atoms with E-state index in [1.807, 2.05) is 16.7 Å². The third-order valence-electron chi connectivity index (χ3n) is 5.15. The standard InChI is InChI=1S/C14H22N2O3S/c1-20-12-4-2-3-10(12)15-14(19)16-8-5-6-11(16)9(7-8)13(17)18/h8-12H,2-7H2,1H3,(H,15,19)(H,17,18). The molecule has 20 heavy (non-hydrogen) atoms. The van der Waals surface area contributed by atoms with Gasteiger partial charge in [-0.05, 0) is 38.4 Å². The Morgan fingerprint density at radius 1 is 1.25 bits per heavy atom. The SMILES string of the molecule is CSC1CCCC1NC(=O)N1C2CCC1C(C(=O)O)C2. The maximum Gasteiger partial charge on any atom is 0.318 e. The number of rotatable bonds is 3. The van der Waals surface area contributed by atoms with E-state index in [2.05, 4.69) is 11.6 Å². The number of urea groups is 1. The molecule has 0 spiro atoms. The molecule has 0 aromatic carbocycles. The molecule has 2 saturated heterocycles. The van der Waals surface area contributed by atoms with Gasteiger partial charge in [0.15, 0.2) is 0 Å². The lowest BCUT2D eigenvalue weighted by Gasteiger charge is -2.27. The first-order valence-corrected chi connectivity index (χ1v) is 8.75. The first-order valence-electron chi connectivity index (χ1n) is 7.46. The van der Waals surface area contributed by atoms with Gasteiger partial charge in [0.25, 0.3) is 0 Å². The molecular weight excluding hydrogens is 276 g/mol. The van der Waals surface area contributed by atoms with Crippen molar-refractivity contribution < 1.29 is 14.7 Å². The summed E-state index contributed by atoms with van der Waals surface area (Å²) in [5.74, 6) is -1.11. The van der Waals surface area contributed by atoms with E-state index in [1.165, 1.54) is 6.42 Å². The number of amides is 2. The summed E-state index contributed by atoms with van der Waals surface area (Å²) in [7, 11) is 0. The lowest BCUT2D eigenvalue weighted by Crippen LogP contribution is -2.49. The third-order valence-corrected chi connectivity index (χ3v) is 6.32. The lowest BCUT2D eigenvalue weighted by molar-refractivity contribution is -0.142. The van der Waals surface area contributed by atoms with Crippen molar-refractivity contribution >= 4 is 23.8 Å². The van der Waals surface area contributed by atoms with Crippen molar-refractivity contribution in [3.05, 3.63) is 0 Å². The Morgan fingerprint density at radius 3 is 2.70 bits per heavy atom. The van der Waals surface area contributed by atoms with Crippen LogP contribution in [0.25, 0.3) is 0 Å². The quantitative estimate of drug-likeness (QED) is 0.835. The zero-order valence-electron chi connectivity index (χ0n) is 11.7. The van der Waals surface area contributed by atoms with Crippen LogP contribution in [0.15, 0.2) is 0 Å². The van der Waals surface area contributed by atoms with E-state index in [4.69, 9.17) is 0 Å². The molecule has 2 amide bonds. The molecule has 2 N–H and O–H groups in total. The topological polar surface area (TPSA) is 69.6 Å². The molecule has 6 heteroatoms. The average Bonchev–Trinajstić information content (AvgIpc) is 3.11. The van der Waals surface area contributed by atoms with Gasteiger partial charge in [0.2, 0.25) is 0 Å². The van der Waals surface area contributed by atoms with Crippen LogP contribution < -0.4 is 5.32 Å². The number of nitrogens with one attached hydrogen (secondary N) is 1. The molecule has 3 aliphatic rings. The molecule has 0 aromatic rings. The van der Waals surface area contributed by atoms with E-state index in [-0.39, 0.29) is 30.1 Å². The summed E-state index contributed by atoms with van der Waals surface area (Å²) in [6, 6.07) is 0.259. The minimum Gasteiger partial charge on any atom is -0.481 e. The van der Waals surface area contributed by atoms with Gasteiger partial charge in [-0.2, -0.15) is 11.8 Å². The molecule has 5 atom stereocenters. The largest absolute Gasteiger partial charge is 0.481 e. The minimum absolute atomic E-state index is 0.0350. The van der Waals surface area contributed by atoms with Crippen LogP contribution in [-0.2, 0) is 4.79 Å². The number of nitrogens with zero attached hydrogens (tertiary/aromatic N) is 1. The summed E-state index contributed by atoms with van der Waals surface area (Å²) in [6.45, 7) is 0. The molecular formula is C14H22N2O3S. The van der Waals surface area contributed by atoms with Crippen LogP contribution in [0.5, 0.6) is 0 Å². The number of fused-ring (bicyclic) bond motifs is 2. The van der Waals surface area contributed by atoms with Crippen LogP contribution in [0.2, 0.25) is 0 Å². The molecule has 5 nitrogen and oxygen atoms in total. The number of hydrogen-bond donors (Lipinski definition) is 2. The summed E-state index contributed by atoms with van der Waals surface area (Å²) in [5, 5.41) is 12.9. The maximum absolute atomic E-state index is 12.5. The van der Waals surface area contributed by atoms with E-state index in [9.17, 15) is 14.7 Å². The van der Waals surface area contributed by atoms with Crippen molar-refractivity contribution in [3.63, 3.8) is 0 Å². The van der Waals surface area contributed by atoms with Crippen LogP contribution in [0.1, 0.15) is 38.5 Å². The summed E-state index contributed by atoms with van der Waals surface area (Å²) in [5.41, 5.74) is 0. The second-order valence-electron chi connectivity index (χ2n) is 6.15. The highest BCUT2D eigenvalue weighted by molar-refractivity contribution is 7.99. The van der Waals surface area contributed by atoms with Crippen molar-refractivity contribution in [1.82, 2.24) is 10.2 Å². The second kappa shape index (κ2) is 5.47. The monoisotopic (exact) mass is 298 g/mol. The number of carboxylic acids is 1. The van der Waals surface area contributed by atoms with Gasteiger partial charge < -0.3 is 15.3 Å². The van der Waals surface area contributed by atoms with Gasteiger partial charge in [-0.3, -0.25) is 4.79 Å². The van der Waals surface area contributed by atoms with Crippen LogP contribution in [0.3, 0.4) is 0 Å². The summed E-state index contributed by atoms with van der Waals surface area (Å²) in [4.78, 5) is 25.6. The van der Waals surface area contributed by atoms with Crippen molar-refractivity contribution in [2.45, 2.75) is 61.9 Å². The first-order chi connectivity index (χ1) is 9.61. The minimum atomic E-state index is -0.752. The van der Waals surface area contributed by atoms with Gasteiger partial charge in [-0.15, -0.1) is 0 Å². The molecule has 2 aliphatic heterocycles. The third kappa shape index (κ3) is 2.28. The van der Waals surface area contributed by atoms with Crippen molar-refractivity contribution in [2.24, 2.45) is 5.92 Å². The predicted octanol–water partition coefficient (Wildman–Crippen LogP) is 1.92. The maximum atomic E-state index is 12.5. The van der Waals surface area contributed by atoms with E-state index >= 15 is 0 Å². The smallest absolute Gasteiger partial charge is 0.318 e. The Morgan fingerprint density at radius 2 is 2.05 bits per heavy atom. The zero-order chi connectivity index (χ0) is 14.3. The van der Waals surface area contributed by atoms with Crippen molar-refractivity contribution in [1.29, 1.82) is 0 Å². The molecule has 2 heterocycles. The van der Waals surface area contributed by atoms with Gasteiger partial charge in [-0.25, -0.2) is 4.79 Å². The summed E-state index contributed by atoms with van der Waals surface area (Å²) in [6.07, 6.45) is 7.89. The van der Waals surface area contributed by atoms with Gasteiger partial charge in [0.05, 0.1) is 5.92 Å². The van der Waals surface area contributed by atoms with E-state index in [0.29, 0.717) is 11.7 Å². The highest BCUT2D eigenvalue weighted by atomic mass is 32.2. The zero-order valence-corrected chi connectivity index (χ0v) is 12.6. The first kappa shape index (κ1) is 14.0. The summed E-state index contributed by atoms with van der Waals surface area (Å²) >= 11 is 1.82. The van der Waals surface area contributed by atoms with Gasteiger partial charge >= 0.3 is 12.0 Å². The summed E-state index contributed by atoms with van der Waals surface area (Å²) < 4.78 is 0. The highest BCUT2D eigenvalue weighted by Gasteiger charge is 2.51. The van der Waals surface area contributed by atoms with Gasteiger partial charge in [0, 0.05) is 23.4 Å². The molecule has 1 aliphatic carbocycles. The normalized spacial score (nSPS) is 39.2. The van der Waals surface area contributed by atoms with Crippen LogP contribution in [0, 0.1) is 5.92 Å². The lowest BCUT2D eigenvalue weighted by atomic mass is 9.89. The average molecular weight is 298 g/mol. The Kier molecular flexibility index (Phi) is 3.84. The number of carbonyl (C=O) groups is 2. The van der Waals surface area contributed by atoms with E-state index in [1.54, 1.807) is 0 Å².